The summed E-state index contributed by atoms with van der Waals surface area (Å²) < 4.78 is 13.1. The first-order chi connectivity index (χ1) is 12.1. The van der Waals surface area contributed by atoms with E-state index in [4.69, 9.17) is 11.1 Å². The first-order valence-electron chi connectivity index (χ1n) is 7.88. The van der Waals surface area contributed by atoms with E-state index in [0.29, 0.717) is 12.0 Å². The van der Waals surface area contributed by atoms with Gasteiger partial charge in [0.15, 0.2) is 0 Å². The number of hydrogen-bond donors (Lipinski definition) is 2. The number of nitrogens with zero attached hydrogens (tertiary/aromatic N) is 2. The van der Waals surface area contributed by atoms with Gasteiger partial charge in [-0.3, -0.25) is 10.4 Å². The van der Waals surface area contributed by atoms with Gasteiger partial charge in [0, 0.05) is 17.5 Å². The van der Waals surface area contributed by atoms with E-state index < -0.39 is 0 Å². The van der Waals surface area contributed by atoms with Crippen molar-refractivity contribution in [1.29, 1.82) is 5.41 Å². The SMILES string of the molecule is N=C(N)c1ccc2c(c1)N=C(c1cccc(-c3ccc(F)cc3)n1)C2. The Bertz CT molecular complexity index is 1010. The van der Waals surface area contributed by atoms with Crippen LogP contribution in [0.1, 0.15) is 16.8 Å². The number of pyridine rings is 1. The van der Waals surface area contributed by atoms with Gasteiger partial charge in [-0.15, -0.1) is 0 Å². The zero-order chi connectivity index (χ0) is 17.4. The molecule has 0 aliphatic carbocycles. The Labute approximate surface area is 144 Å². The maximum absolute atomic E-state index is 13.1. The van der Waals surface area contributed by atoms with E-state index in [-0.39, 0.29) is 11.7 Å². The van der Waals surface area contributed by atoms with E-state index in [2.05, 4.69) is 9.98 Å². The van der Waals surface area contributed by atoms with Crippen LogP contribution in [0.3, 0.4) is 0 Å². The highest BCUT2D eigenvalue weighted by molar-refractivity contribution is 6.06. The molecule has 0 atom stereocenters. The molecule has 5 heteroatoms. The molecule has 0 amide bonds. The Balaban J connectivity index is 1.69. The standard InChI is InChI=1S/C20H15FN4/c21-15-8-6-12(7-9-15)16-2-1-3-17(24-16)19-10-13-4-5-14(20(22)23)11-18(13)25-19/h1-9,11H,10H2,(H3,22,23). The Morgan fingerprint density at radius 2 is 1.76 bits per heavy atom. The molecule has 3 aromatic rings. The van der Waals surface area contributed by atoms with Crippen LogP contribution in [0.25, 0.3) is 11.3 Å². The van der Waals surface area contributed by atoms with Crippen molar-refractivity contribution in [2.75, 3.05) is 0 Å². The van der Waals surface area contributed by atoms with E-state index in [1.54, 1.807) is 12.1 Å². The molecule has 122 valence electrons. The van der Waals surface area contributed by atoms with Gasteiger partial charge >= 0.3 is 0 Å². The van der Waals surface area contributed by atoms with Crippen LogP contribution in [-0.4, -0.2) is 16.5 Å². The number of rotatable bonds is 3. The van der Waals surface area contributed by atoms with Crippen molar-refractivity contribution in [2.45, 2.75) is 6.42 Å². The van der Waals surface area contributed by atoms with Gasteiger partial charge in [0.2, 0.25) is 0 Å². The van der Waals surface area contributed by atoms with Crippen LogP contribution in [0.15, 0.2) is 65.7 Å². The summed E-state index contributed by atoms with van der Waals surface area (Å²) >= 11 is 0. The summed E-state index contributed by atoms with van der Waals surface area (Å²) in [5.41, 5.74) is 11.4. The van der Waals surface area contributed by atoms with E-state index >= 15 is 0 Å². The molecule has 4 rings (SSSR count). The average molecular weight is 330 g/mol. The number of aliphatic imine (C=N–C) groups is 1. The second-order valence-corrected chi connectivity index (χ2v) is 5.91. The van der Waals surface area contributed by atoms with E-state index in [1.165, 1.54) is 12.1 Å². The van der Waals surface area contributed by atoms with Crippen LogP contribution in [0, 0.1) is 11.2 Å². The minimum Gasteiger partial charge on any atom is -0.384 e. The number of nitrogen functional groups attached to an aromatic ring is 1. The number of halogens is 1. The summed E-state index contributed by atoms with van der Waals surface area (Å²) in [4.78, 5) is 9.33. The van der Waals surface area contributed by atoms with Gasteiger partial charge in [0.05, 0.1) is 22.8 Å². The van der Waals surface area contributed by atoms with Crippen LogP contribution in [0.4, 0.5) is 10.1 Å². The van der Waals surface area contributed by atoms with Gasteiger partial charge in [-0.1, -0.05) is 18.2 Å². The summed E-state index contributed by atoms with van der Waals surface area (Å²) in [7, 11) is 0. The molecule has 0 radical (unpaired) electrons. The fraction of sp³-hybridized carbons (Fsp3) is 0.0500. The minimum absolute atomic E-state index is 0.0304. The first-order valence-corrected chi connectivity index (χ1v) is 7.88. The lowest BCUT2D eigenvalue weighted by molar-refractivity contribution is 0.628. The molecule has 0 saturated heterocycles. The lowest BCUT2D eigenvalue weighted by Gasteiger charge is -2.04. The van der Waals surface area contributed by atoms with Gasteiger partial charge in [-0.05, 0) is 48.0 Å². The van der Waals surface area contributed by atoms with Crippen molar-refractivity contribution >= 4 is 17.2 Å². The molecular formula is C20H15FN4. The Morgan fingerprint density at radius 3 is 2.52 bits per heavy atom. The smallest absolute Gasteiger partial charge is 0.123 e. The number of fused-ring (bicyclic) bond motifs is 1. The first kappa shape index (κ1) is 15.2. The third-order valence-electron chi connectivity index (χ3n) is 4.19. The Kier molecular flexibility index (Phi) is 3.61. The molecule has 4 nitrogen and oxygen atoms in total. The van der Waals surface area contributed by atoms with Crippen LogP contribution < -0.4 is 5.73 Å². The fourth-order valence-corrected chi connectivity index (χ4v) is 2.87. The molecule has 1 aliphatic heterocycles. The maximum Gasteiger partial charge on any atom is 0.123 e. The number of nitrogens with two attached hydrogens (primary N) is 1. The van der Waals surface area contributed by atoms with E-state index in [1.807, 2.05) is 36.4 Å². The molecule has 0 saturated carbocycles. The fourth-order valence-electron chi connectivity index (χ4n) is 2.87. The van der Waals surface area contributed by atoms with Crippen molar-refractivity contribution in [3.05, 3.63) is 83.3 Å². The average Bonchev–Trinajstić information content (AvgIpc) is 3.05. The zero-order valence-electron chi connectivity index (χ0n) is 13.3. The van der Waals surface area contributed by atoms with Crippen LogP contribution in [0.2, 0.25) is 0 Å². The van der Waals surface area contributed by atoms with Crippen LogP contribution >= 0.6 is 0 Å². The number of nitrogens with one attached hydrogen (secondary N) is 1. The summed E-state index contributed by atoms with van der Waals surface area (Å²) in [5, 5.41) is 7.54. The minimum atomic E-state index is -0.267. The highest BCUT2D eigenvalue weighted by Crippen LogP contribution is 2.30. The number of hydrogen-bond acceptors (Lipinski definition) is 3. The zero-order valence-corrected chi connectivity index (χ0v) is 13.3. The van der Waals surface area contributed by atoms with Crippen LogP contribution in [0.5, 0.6) is 0 Å². The number of benzene rings is 2. The van der Waals surface area contributed by atoms with Gasteiger partial charge < -0.3 is 5.73 Å². The topological polar surface area (TPSA) is 75.1 Å². The number of amidine groups is 1. The second-order valence-electron chi connectivity index (χ2n) is 5.91. The third kappa shape index (κ3) is 2.92. The van der Waals surface area contributed by atoms with Crippen molar-refractivity contribution in [3.63, 3.8) is 0 Å². The summed E-state index contributed by atoms with van der Waals surface area (Å²) in [6.45, 7) is 0. The lowest BCUT2D eigenvalue weighted by Crippen LogP contribution is -2.10. The predicted octanol–water partition coefficient (Wildman–Crippen LogP) is 3.85. The molecule has 2 heterocycles. The molecule has 0 fully saturated rings. The van der Waals surface area contributed by atoms with Gasteiger partial charge in [0.1, 0.15) is 11.7 Å². The molecular weight excluding hydrogens is 315 g/mol. The summed E-state index contributed by atoms with van der Waals surface area (Å²) in [6.07, 6.45) is 0.688. The Morgan fingerprint density at radius 1 is 1.00 bits per heavy atom. The van der Waals surface area contributed by atoms with Crippen molar-refractivity contribution in [1.82, 2.24) is 4.98 Å². The molecule has 0 unspecified atom stereocenters. The van der Waals surface area contributed by atoms with Gasteiger partial charge in [-0.2, -0.15) is 0 Å². The number of aromatic nitrogens is 1. The third-order valence-corrected chi connectivity index (χ3v) is 4.19. The van der Waals surface area contributed by atoms with Gasteiger partial charge in [-0.25, -0.2) is 9.37 Å². The summed E-state index contributed by atoms with van der Waals surface area (Å²) in [6, 6.07) is 17.6. The molecule has 25 heavy (non-hydrogen) atoms. The molecule has 0 spiro atoms. The predicted molar refractivity (Wildman–Crippen MR) is 97.0 cm³/mol. The quantitative estimate of drug-likeness (QED) is 0.565. The second kappa shape index (κ2) is 5.94. The Hall–Kier alpha value is -3.34. The highest BCUT2D eigenvalue weighted by Gasteiger charge is 2.18. The van der Waals surface area contributed by atoms with E-state index in [0.717, 1.165) is 33.9 Å². The maximum atomic E-state index is 13.1. The van der Waals surface area contributed by atoms with Crippen molar-refractivity contribution in [2.24, 2.45) is 10.7 Å². The largest absolute Gasteiger partial charge is 0.384 e. The molecule has 1 aliphatic rings. The van der Waals surface area contributed by atoms with Gasteiger partial charge in [0.25, 0.3) is 0 Å². The van der Waals surface area contributed by atoms with Crippen molar-refractivity contribution < 1.29 is 4.39 Å². The monoisotopic (exact) mass is 330 g/mol. The normalized spacial score (nSPS) is 12.6. The van der Waals surface area contributed by atoms with Crippen molar-refractivity contribution in [3.8, 4) is 11.3 Å². The molecule has 1 aromatic heterocycles. The molecule has 2 aromatic carbocycles. The lowest BCUT2D eigenvalue weighted by atomic mass is 10.0. The van der Waals surface area contributed by atoms with Crippen LogP contribution in [-0.2, 0) is 6.42 Å². The molecule has 0 bridgehead atoms. The highest BCUT2D eigenvalue weighted by atomic mass is 19.1. The van der Waals surface area contributed by atoms with E-state index in [9.17, 15) is 4.39 Å². The molecule has 3 N–H and O–H groups in total. The summed E-state index contributed by atoms with van der Waals surface area (Å²) in [5.74, 6) is -0.236.